The van der Waals surface area contributed by atoms with Crippen LogP contribution in [0.15, 0.2) is 65.0 Å². The van der Waals surface area contributed by atoms with Gasteiger partial charge in [0.05, 0.1) is 12.2 Å². The third-order valence-corrected chi connectivity index (χ3v) is 6.69. The summed E-state index contributed by atoms with van der Waals surface area (Å²) in [5.41, 5.74) is 4.16. The normalized spacial score (nSPS) is 14.9. The van der Waals surface area contributed by atoms with E-state index in [9.17, 15) is 4.79 Å². The first-order valence-corrected chi connectivity index (χ1v) is 13.2. The van der Waals surface area contributed by atoms with E-state index in [2.05, 4.69) is 24.5 Å². The zero-order chi connectivity index (χ0) is 24.8. The topological polar surface area (TPSA) is 81.1 Å². The number of allylic oxidation sites excluding steroid dienone is 1. The molecule has 8 heteroatoms. The molecule has 0 spiro atoms. The van der Waals surface area contributed by atoms with Crippen LogP contribution in [0.3, 0.4) is 0 Å². The predicted molar refractivity (Wildman–Crippen MR) is 142 cm³/mol. The van der Waals surface area contributed by atoms with E-state index in [-0.39, 0.29) is 5.91 Å². The number of fused-ring (bicyclic) bond motifs is 1. The number of benzene rings is 2. The van der Waals surface area contributed by atoms with Crippen molar-refractivity contribution in [3.05, 3.63) is 70.9 Å². The van der Waals surface area contributed by atoms with Crippen LogP contribution in [0.5, 0.6) is 5.75 Å². The maximum atomic E-state index is 13.6. The van der Waals surface area contributed by atoms with Crippen molar-refractivity contribution >= 4 is 29.3 Å². The zero-order valence-corrected chi connectivity index (χ0v) is 21.6. The van der Waals surface area contributed by atoms with Crippen molar-refractivity contribution < 1.29 is 9.53 Å². The standard InChI is InChI=1S/C27H33N5O2S/c1-5-7-16-35-27-30-26-28-19(4)23(25(33)29-21-13-11-18(3)12-14-21)24(32(26)31-27)20-9-8-10-22(17-20)34-15-6-2/h8-14,17,24H,5-7,15-16H2,1-4H3,(H,29,33)(H,28,30,31). The fourth-order valence-corrected chi connectivity index (χ4v) is 4.84. The van der Waals surface area contributed by atoms with Crippen molar-refractivity contribution in [3.63, 3.8) is 0 Å². The molecule has 2 aromatic carbocycles. The van der Waals surface area contributed by atoms with Gasteiger partial charge in [0.1, 0.15) is 11.8 Å². The van der Waals surface area contributed by atoms with Crippen LogP contribution in [0.1, 0.15) is 57.2 Å². The summed E-state index contributed by atoms with van der Waals surface area (Å²) in [6, 6.07) is 15.3. The Kier molecular flexibility index (Phi) is 8.13. The molecule has 2 N–H and O–H groups in total. The third-order valence-electron chi connectivity index (χ3n) is 5.76. The first-order chi connectivity index (χ1) is 17.0. The molecule has 4 rings (SSSR count). The van der Waals surface area contributed by atoms with E-state index >= 15 is 0 Å². The number of thioether (sulfide) groups is 1. The van der Waals surface area contributed by atoms with Crippen LogP contribution >= 0.6 is 11.8 Å². The van der Waals surface area contributed by atoms with E-state index in [0.29, 0.717) is 23.3 Å². The lowest BCUT2D eigenvalue weighted by molar-refractivity contribution is -0.113. The van der Waals surface area contributed by atoms with Gasteiger partial charge >= 0.3 is 0 Å². The van der Waals surface area contributed by atoms with Crippen molar-refractivity contribution in [1.29, 1.82) is 0 Å². The second-order valence-electron chi connectivity index (χ2n) is 8.67. The van der Waals surface area contributed by atoms with E-state index in [1.165, 1.54) is 0 Å². The fourth-order valence-electron chi connectivity index (χ4n) is 3.93. The van der Waals surface area contributed by atoms with Crippen LogP contribution in [-0.4, -0.2) is 33.0 Å². The summed E-state index contributed by atoms with van der Waals surface area (Å²) in [6.45, 7) is 8.82. The maximum absolute atomic E-state index is 13.6. The van der Waals surface area contributed by atoms with Crippen molar-refractivity contribution in [3.8, 4) is 5.75 Å². The van der Waals surface area contributed by atoms with Crippen molar-refractivity contribution in [2.75, 3.05) is 23.0 Å². The number of ether oxygens (including phenoxy) is 1. The Balaban J connectivity index is 1.72. The molecule has 0 saturated carbocycles. The summed E-state index contributed by atoms with van der Waals surface area (Å²) in [7, 11) is 0. The molecular formula is C27H33N5O2S. The molecule has 35 heavy (non-hydrogen) atoms. The summed E-state index contributed by atoms with van der Waals surface area (Å²) in [4.78, 5) is 18.3. The van der Waals surface area contributed by atoms with Gasteiger partial charge in [0.2, 0.25) is 11.1 Å². The highest BCUT2D eigenvalue weighted by atomic mass is 32.2. The average Bonchev–Trinajstić information content (AvgIpc) is 3.25. The van der Waals surface area contributed by atoms with E-state index in [4.69, 9.17) is 14.8 Å². The first kappa shape index (κ1) is 24.9. The van der Waals surface area contributed by atoms with E-state index in [1.54, 1.807) is 11.8 Å². The molecule has 1 unspecified atom stereocenters. The first-order valence-electron chi connectivity index (χ1n) is 12.2. The summed E-state index contributed by atoms with van der Waals surface area (Å²) < 4.78 is 7.72. The second kappa shape index (κ2) is 11.4. The Hall–Kier alpha value is -3.26. The van der Waals surface area contributed by atoms with Gasteiger partial charge in [-0.25, -0.2) is 4.68 Å². The highest BCUT2D eigenvalue weighted by Crippen LogP contribution is 2.37. The van der Waals surface area contributed by atoms with Crippen LogP contribution < -0.4 is 15.4 Å². The van der Waals surface area contributed by atoms with Gasteiger partial charge in [-0.3, -0.25) is 4.79 Å². The molecule has 7 nitrogen and oxygen atoms in total. The van der Waals surface area contributed by atoms with Gasteiger partial charge in [-0.15, -0.1) is 5.10 Å². The van der Waals surface area contributed by atoms with Gasteiger partial charge in [-0.2, -0.15) is 4.98 Å². The molecule has 0 saturated heterocycles. The fraction of sp³-hybridized carbons (Fsp3) is 0.370. The molecule has 0 radical (unpaired) electrons. The second-order valence-corrected chi connectivity index (χ2v) is 9.73. The summed E-state index contributed by atoms with van der Waals surface area (Å²) in [6.07, 6.45) is 3.14. The van der Waals surface area contributed by atoms with Crippen LogP contribution in [0.2, 0.25) is 0 Å². The molecular weight excluding hydrogens is 458 g/mol. The minimum Gasteiger partial charge on any atom is -0.494 e. The quantitative estimate of drug-likeness (QED) is 0.260. The number of nitrogens with one attached hydrogen (secondary N) is 2. The predicted octanol–water partition coefficient (Wildman–Crippen LogP) is 6.20. The lowest BCUT2D eigenvalue weighted by atomic mass is 9.94. The number of carbonyl (C=O) groups excluding carboxylic acids is 1. The largest absolute Gasteiger partial charge is 0.494 e. The van der Waals surface area contributed by atoms with Gasteiger partial charge in [-0.05, 0) is 56.5 Å². The number of unbranched alkanes of at least 4 members (excludes halogenated alkanes) is 1. The number of rotatable bonds is 10. The minimum atomic E-state index is -0.435. The third kappa shape index (κ3) is 5.88. The SMILES string of the molecule is CCCCSc1nc2n(n1)C(c1cccc(OCCC)c1)C(C(=O)Nc1ccc(C)cc1)=C(C)N2. The monoisotopic (exact) mass is 491 g/mol. The summed E-state index contributed by atoms with van der Waals surface area (Å²) >= 11 is 1.64. The van der Waals surface area contributed by atoms with E-state index in [1.807, 2.05) is 67.1 Å². The number of nitrogens with zero attached hydrogens (tertiary/aromatic N) is 3. The van der Waals surface area contributed by atoms with Crippen molar-refractivity contribution in [2.24, 2.45) is 0 Å². The molecule has 2 heterocycles. The summed E-state index contributed by atoms with van der Waals surface area (Å²) in [5, 5.41) is 11.9. The van der Waals surface area contributed by atoms with Crippen molar-refractivity contribution in [1.82, 2.24) is 14.8 Å². The van der Waals surface area contributed by atoms with Gasteiger partial charge in [-0.1, -0.05) is 61.9 Å². The van der Waals surface area contributed by atoms with Crippen LogP contribution in [0.4, 0.5) is 11.6 Å². The number of hydrogen-bond donors (Lipinski definition) is 2. The highest BCUT2D eigenvalue weighted by molar-refractivity contribution is 7.99. The molecule has 0 bridgehead atoms. The van der Waals surface area contributed by atoms with Crippen molar-refractivity contribution in [2.45, 2.75) is 58.2 Å². The molecule has 184 valence electrons. The number of aryl methyl sites for hydroxylation is 1. The van der Waals surface area contributed by atoms with E-state index < -0.39 is 6.04 Å². The highest BCUT2D eigenvalue weighted by Gasteiger charge is 2.34. The number of hydrogen-bond acceptors (Lipinski definition) is 6. The molecule has 1 amide bonds. The average molecular weight is 492 g/mol. The number of aromatic nitrogens is 3. The molecule has 3 aromatic rings. The molecule has 1 aliphatic rings. The molecule has 0 aliphatic carbocycles. The Labute approximate surface area is 211 Å². The summed E-state index contributed by atoms with van der Waals surface area (Å²) in [5.74, 6) is 2.19. The number of amides is 1. The van der Waals surface area contributed by atoms with Crippen LogP contribution in [0, 0.1) is 6.92 Å². The maximum Gasteiger partial charge on any atom is 0.255 e. The van der Waals surface area contributed by atoms with Gasteiger partial charge in [0.25, 0.3) is 5.91 Å². The lowest BCUT2D eigenvalue weighted by Gasteiger charge is -2.29. The molecule has 1 aliphatic heterocycles. The Bertz CT molecular complexity index is 1200. The number of anilines is 2. The van der Waals surface area contributed by atoms with Gasteiger partial charge in [0.15, 0.2) is 0 Å². The van der Waals surface area contributed by atoms with E-state index in [0.717, 1.165) is 53.3 Å². The Morgan fingerprint density at radius 3 is 2.69 bits per heavy atom. The van der Waals surface area contributed by atoms with Gasteiger partial charge in [0, 0.05) is 17.1 Å². The molecule has 1 atom stereocenters. The lowest BCUT2D eigenvalue weighted by Crippen LogP contribution is -2.31. The smallest absolute Gasteiger partial charge is 0.255 e. The minimum absolute atomic E-state index is 0.176. The zero-order valence-electron chi connectivity index (χ0n) is 20.8. The molecule has 0 fully saturated rings. The van der Waals surface area contributed by atoms with Gasteiger partial charge < -0.3 is 15.4 Å². The van der Waals surface area contributed by atoms with Crippen LogP contribution in [-0.2, 0) is 4.79 Å². The van der Waals surface area contributed by atoms with Crippen LogP contribution in [0.25, 0.3) is 0 Å². The Morgan fingerprint density at radius 2 is 1.94 bits per heavy atom. The Morgan fingerprint density at radius 1 is 1.14 bits per heavy atom. The molecule has 1 aromatic heterocycles. The number of carbonyl (C=O) groups is 1.